The smallest absolute Gasteiger partial charge is 0.260 e. The average molecular weight is 303 g/mol. The lowest BCUT2D eigenvalue weighted by Gasteiger charge is -2.30. The van der Waals surface area contributed by atoms with Crippen LogP contribution in [0.15, 0.2) is 23.4 Å². The van der Waals surface area contributed by atoms with Gasteiger partial charge in [-0.15, -0.1) is 12.4 Å². The molecule has 104 valence electrons. The van der Waals surface area contributed by atoms with E-state index < -0.39 is 10.0 Å². The summed E-state index contributed by atoms with van der Waals surface area (Å²) in [4.78, 5) is 3.86. The Morgan fingerprint density at radius 1 is 1.58 bits per heavy atom. The number of pyridine rings is 1. The first-order valence-electron chi connectivity index (χ1n) is 5.64. The molecule has 6 nitrogen and oxygen atoms in total. The lowest BCUT2D eigenvalue weighted by Crippen LogP contribution is -2.51. The van der Waals surface area contributed by atoms with Gasteiger partial charge < -0.3 is 5.32 Å². The molecular weight excluding hydrogens is 288 g/mol. The summed E-state index contributed by atoms with van der Waals surface area (Å²) in [5.41, 5.74) is 0.298. The number of sulfonamides is 1. The monoisotopic (exact) mass is 302 g/mol. The van der Waals surface area contributed by atoms with Crippen LogP contribution in [0.25, 0.3) is 0 Å². The van der Waals surface area contributed by atoms with Crippen LogP contribution in [0.2, 0.25) is 0 Å². The van der Waals surface area contributed by atoms with Crippen LogP contribution in [0.5, 0.6) is 0 Å². The molecule has 0 saturated carbocycles. The third kappa shape index (κ3) is 3.42. The standard InChI is InChI=1S/C11H14N4O2S.ClH/c1-9-8-15(5-4-13-9)18(16,17)11-6-10(7-12)2-3-14-11;/h2-3,6,9,13H,4-5,8H2,1H3;1H. The van der Waals surface area contributed by atoms with Gasteiger partial charge in [0.05, 0.1) is 11.6 Å². The summed E-state index contributed by atoms with van der Waals surface area (Å²) in [6, 6.07) is 4.83. The molecule has 1 aromatic heterocycles. The summed E-state index contributed by atoms with van der Waals surface area (Å²) >= 11 is 0. The number of aromatic nitrogens is 1. The molecule has 1 aliphatic rings. The van der Waals surface area contributed by atoms with E-state index in [2.05, 4.69) is 10.3 Å². The van der Waals surface area contributed by atoms with E-state index in [1.54, 1.807) is 0 Å². The van der Waals surface area contributed by atoms with Gasteiger partial charge >= 0.3 is 0 Å². The van der Waals surface area contributed by atoms with Crippen molar-refractivity contribution in [2.45, 2.75) is 18.0 Å². The van der Waals surface area contributed by atoms with E-state index >= 15 is 0 Å². The fourth-order valence-corrected chi connectivity index (χ4v) is 3.35. The maximum absolute atomic E-state index is 12.3. The quantitative estimate of drug-likeness (QED) is 0.852. The van der Waals surface area contributed by atoms with Crippen molar-refractivity contribution in [3.8, 4) is 6.07 Å². The molecule has 1 aromatic rings. The van der Waals surface area contributed by atoms with Crippen LogP contribution in [0, 0.1) is 11.3 Å². The van der Waals surface area contributed by atoms with Crippen LogP contribution in [0.3, 0.4) is 0 Å². The molecule has 2 heterocycles. The summed E-state index contributed by atoms with van der Waals surface area (Å²) in [7, 11) is -3.60. The number of halogens is 1. The number of rotatable bonds is 2. The number of nitrogens with one attached hydrogen (secondary N) is 1. The molecule has 2 rings (SSSR count). The van der Waals surface area contributed by atoms with Crippen molar-refractivity contribution in [3.63, 3.8) is 0 Å². The first-order valence-corrected chi connectivity index (χ1v) is 7.08. The molecule has 0 spiro atoms. The topological polar surface area (TPSA) is 86.1 Å². The Morgan fingerprint density at radius 3 is 2.95 bits per heavy atom. The largest absolute Gasteiger partial charge is 0.312 e. The predicted molar refractivity (Wildman–Crippen MR) is 72.4 cm³/mol. The summed E-state index contributed by atoms with van der Waals surface area (Å²) in [6.07, 6.45) is 1.34. The predicted octanol–water partition coefficient (Wildman–Crippen LogP) is 0.357. The second-order valence-electron chi connectivity index (χ2n) is 4.21. The number of hydrogen-bond donors (Lipinski definition) is 1. The molecule has 1 fully saturated rings. The Bertz CT molecular complexity index is 585. The van der Waals surface area contributed by atoms with E-state index in [0.29, 0.717) is 25.2 Å². The molecule has 0 aromatic carbocycles. The highest BCUT2D eigenvalue weighted by atomic mass is 35.5. The SMILES string of the molecule is CC1CN(S(=O)(=O)c2cc(C#N)ccn2)CCN1.Cl. The van der Waals surface area contributed by atoms with Crippen molar-refractivity contribution < 1.29 is 8.42 Å². The number of piperazine rings is 1. The Kier molecular flexibility index (Phi) is 5.26. The molecule has 1 unspecified atom stereocenters. The highest BCUT2D eigenvalue weighted by Gasteiger charge is 2.29. The van der Waals surface area contributed by atoms with Crippen LogP contribution in [-0.2, 0) is 10.0 Å². The van der Waals surface area contributed by atoms with Gasteiger partial charge in [0.2, 0.25) is 0 Å². The van der Waals surface area contributed by atoms with Gasteiger partial charge in [0.1, 0.15) is 0 Å². The lowest BCUT2D eigenvalue weighted by molar-refractivity contribution is 0.309. The summed E-state index contributed by atoms with van der Waals surface area (Å²) in [6.45, 7) is 3.39. The zero-order chi connectivity index (χ0) is 13.2. The molecule has 1 N–H and O–H groups in total. The van der Waals surface area contributed by atoms with E-state index in [-0.39, 0.29) is 23.5 Å². The second-order valence-corrected chi connectivity index (χ2v) is 6.10. The van der Waals surface area contributed by atoms with Gasteiger partial charge in [0, 0.05) is 31.9 Å². The van der Waals surface area contributed by atoms with Crippen LogP contribution >= 0.6 is 12.4 Å². The van der Waals surface area contributed by atoms with E-state index in [4.69, 9.17) is 5.26 Å². The number of hydrogen-bond acceptors (Lipinski definition) is 5. The molecule has 0 aliphatic carbocycles. The maximum Gasteiger partial charge on any atom is 0.260 e. The van der Waals surface area contributed by atoms with Gasteiger partial charge in [0.15, 0.2) is 5.03 Å². The van der Waals surface area contributed by atoms with Crippen molar-refractivity contribution in [1.29, 1.82) is 5.26 Å². The van der Waals surface area contributed by atoms with Crippen molar-refractivity contribution in [2.75, 3.05) is 19.6 Å². The fraction of sp³-hybridized carbons (Fsp3) is 0.455. The summed E-state index contributed by atoms with van der Waals surface area (Å²) in [5, 5.41) is 11.9. The molecule has 1 atom stereocenters. The first kappa shape index (κ1) is 15.9. The van der Waals surface area contributed by atoms with E-state index in [1.807, 2.05) is 13.0 Å². The average Bonchev–Trinajstić information content (AvgIpc) is 2.39. The lowest BCUT2D eigenvalue weighted by atomic mass is 10.3. The van der Waals surface area contributed by atoms with Crippen LogP contribution in [-0.4, -0.2) is 43.4 Å². The van der Waals surface area contributed by atoms with E-state index in [1.165, 1.54) is 22.6 Å². The van der Waals surface area contributed by atoms with Crippen molar-refractivity contribution in [2.24, 2.45) is 0 Å². The Hall–Kier alpha value is -1.20. The fourth-order valence-electron chi connectivity index (χ4n) is 1.87. The van der Waals surface area contributed by atoms with Crippen LogP contribution in [0.1, 0.15) is 12.5 Å². The third-order valence-electron chi connectivity index (χ3n) is 2.80. The summed E-state index contributed by atoms with van der Waals surface area (Å²) in [5.74, 6) is 0. The van der Waals surface area contributed by atoms with Crippen molar-refractivity contribution >= 4 is 22.4 Å². The van der Waals surface area contributed by atoms with Crippen molar-refractivity contribution in [3.05, 3.63) is 23.9 Å². The van der Waals surface area contributed by atoms with Gasteiger partial charge in [-0.1, -0.05) is 0 Å². The highest BCUT2D eigenvalue weighted by Crippen LogP contribution is 2.15. The van der Waals surface area contributed by atoms with Gasteiger partial charge in [0.25, 0.3) is 10.0 Å². The van der Waals surface area contributed by atoms with Crippen LogP contribution < -0.4 is 5.32 Å². The van der Waals surface area contributed by atoms with Gasteiger partial charge in [-0.05, 0) is 19.1 Å². The second kappa shape index (κ2) is 6.30. The van der Waals surface area contributed by atoms with Gasteiger partial charge in [-0.2, -0.15) is 9.57 Å². The minimum absolute atomic E-state index is 0. The van der Waals surface area contributed by atoms with Crippen LogP contribution in [0.4, 0.5) is 0 Å². The zero-order valence-electron chi connectivity index (χ0n) is 10.4. The Balaban J connectivity index is 0.00000180. The summed E-state index contributed by atoms with van der Waals surface area (Å²) < 4.78 is 26.1. The highest BCUT2D eigenvalue weighted by molar-refractivity contribution is 7.89. The molecule has 19 heavy (non-hydrogen) atoms. The van der Waals surface area contributed by atoms with Crippen molar-refractivity contribution in [1.82, 2.24) is 14.6 Å². The molecule has 0 bridgehead atoms. The van der Waals surface area contributed by atoms with Gasteiger partial charge in [-0.3, -0.25) is 0 Å². The third-order valence-corrected chi connectivity index (χ3v) is 4.56. The number of nitrogens with zero attached hydrogens (tertiary/aromatic N) is 3. The van der Waals surface area contributed by atoms with E-state index in [0.717, 1.165) is 0 Å². The minimum atomic E-state index is -3.60. The normalized spacial score (nSPS) is 20.3. The molecular formula is C11H15ClN4O2S. The Morgan fingerprint density at radius 2 is 2.32 bits per heavy atom. The zero-order valence-corrected chi connectivity index (χ0v) is 12.0. The minimum Gasteiger partial charge on any atom is -0.312 e. The molecule has 0 amide bonds. The Labute approximate surface area is 118 Å². The van der Waals surface area contributed by atoms with Gasteiger partial charge in [-0.25, -0.2) is 13.4 Å². The number of nitriles is 1. The van der Waals surface area contributed by atoms with E-state index in [9.17, 15) is 8.42 Å². The molecule has 8 heteroatoms. The molecule has 0 radical (unpaired) electrons. The maximum atomic E-state index is 12.3. The molecule has 1 aliphatic heterocycles. The first-order chi connectivity index (χ1) is 8.54. The molecule has 1 saturated heterocycles.